The number of hydrogen-bond donors (Lipinski definition) is 3. The number of rotatable bonds is 14. The van der Waals surface area contributed by atoms with E-state index in [4.69, 9.17) is 4.74 Å². The Kier molecular flexibility index (Phi) is 14.6. The third-order valence-electron chi connectivity index (χ3n) is 12.0. The fourth-order valence-corrected chi connectivity index (χ4v) is 8.52. The van der Waals surface area contributed by atoms with Gasteiger partial charge in [-0.1, -0.05) is 30.3 Å². The lowest BCUT2D eigenvalue weighted by atomic mass is 9.77. The van der Waals surface area contributed by atoms with Gasteiger partial charge in [-0.3, -0.25) is 14.4 Å². The molecule has 60 heavy (non-hydrogen) atoms. The molecule has 2 aliphatic carbocycles. The number of amides is 3. The van der Waals surface area contributed by atoms with Crippen LogP contribution in [0.3, 0.4) is 0 Å². The molecule has 13 heteroatoms. The van der Waals surface area contributed by atoms with Gasteiger partial charge in [0, 0.05) is 48.1 Å². The number of halogens is 1. The highest BCUT2D eigenvalue weighted by molar-refractivity contribution is 6.01. The molecule has 2 fully saturated rings. The third-order valence-corrected chi connectivity index (χ3v) is 12.0. The SMILES string of the molecule is Cc1cc(C(=O)NC2CCC(N(C)C)CC2)ccc1-c1ccc(CC(CC(=O)C2CCC(CNC(=O)OC(C)(C)C)CC2)C(=O)Nc2ccc(C3=NCN=N3)c(F)c2)cc1. The number of nitrogens with one attached hydrogen (secondary N) is 3. The van der Waals surface area contributed by atoms with Crippen LogP contribution in [0, 0.1) is 30.5 Å². The van der Waals surface area contributed by atoms with E-state index in [9.17, 15) is 19.2 Å². The highest BCUT2D eigenvalue weighted by atomic mass is 19.1. The summed E-state index contributed by atoms with van der Waals surface area (Å²) >= 11 is 0. The molecule has 3 aromatic carbocycles. The van der Waals surface area contributed by atoms with Crippen LogP contribution in [0.4, 0.5) is 14.9 Å². The normalized spacial score (nSPS) is 20.9. The van der Waals surface area contributed by atoms with Gasteiger partial charge in [-0.25, -0.2) is 14.2 Å². The number of nitrogens with zero attached hydrogens (tertiary/aromatic N) is 4. The van der Waals surface area contributed by atoms with Crippen molar-refractivity contribution in [3.8, 4) is 11.1 Å². The zero-order chi connectivity index (χ0) is 43.0. The molecule has 0 bridgehead atoms. The molecule has 3 N–H and O–H groups in total. The summed E-state index contributed by atoms with van der Waals surface area (Å²) in [6.45, 7) is 8.10. The molecule has 3 amide bonds. The molecular formula is C47H60FN7O5. The Labute approximate surface area is 353 Å². The molecule has 3 aromatic rings. The van der Waals surface area contributed by atoms with Gasteiger partial charge in [-0.2, -0.15) is 5.11 Å². The number of Topliss-reactive ketones (excluding diaryl/α,β-unsaturated/α-hetero) is 1. The number of benzene rings is 3. The minimum Gasteiger partial charge on any atom is -0.444 e. The van der Waals surface area contributed by atoms with E-state index in [1.807, 2.05) is 70.2 Å². The number of ether oxygens (including phenoxy) is 1. The predicted molar refractivity (Wildman–Crippen MR) is 232 cm³/mol. The second-order valence-corrected chi connectivity index (χ2v) is 17.9. The Morgan fingerprint density at radius 3 is 2.20 bits per heavy atom. The number of alkyl carbamates (subject to hydrolysis) is 1. The largest absolute Gasteiger partial charge is 0.444 e. The zero-order valence-corrected chi connectivity index (χ0v) is 35.9. The minimum absolute atomic E-state index is 0.0254. The van der Waals surface area contributed by atoms with Crippen LogP contribution in [-0.2, 0) is 20.7 Å². The van der Waals surface area contributed by atoms with Crippen molar-refractivity contribution in [2.45, 2.75) is 110 Å². The lowest BCUT2D eigenvalue weighted by Gasteiger charge is -2.33. The summed E-state index contributed by atoms with van der Waals surface area (Å²) < 4.78 is 20.5. The van der Waals surface area contributed by atoms with E-state index in [0.29, 0.717) is 37.4 Å². The van der Waals surface area contributed by atoms with Gasteiger partial charge >= 0.3 is 6.09 Å². The van der Waals surface area contributed by atoms with Crippen LogP contribution in [0.15, 0.2) is 75.9 Å². The number of carbonyl (C=O) groups is 4. The van der Waals surface area contributed by atoms with Crippen molar-refractivity contribution in [1.29, 1.82) is 0 Å². The Morgan fingerprint density at radius 1 is 0.883 bits per heavy atom. The number of aryl methyl sites for hydroxylation is 1. The van der Waals surface area contributed by atoms with Crippen molar-refractivity contribution in [3.05, 3.63) is 88.7 Å². The quantitative estimate of drug-likeness (QED) is 0.148. The van der Waals surface area contributed by atoms with Gasteiger partial charge in [-0.15, -0.1) is 5.11 Å². The van der Waals surface area contributed by atoms with Crippen molar-refractivity contribution >= 4 is 35.2 Å². The van der Waals surface area contributed by atoms with E-state index in [0.717, 1.165) is 60.8 Å². The van der Waals surface area contributed by atoms with E-state index in [2.05, 4.69) is 50.2 Å². The van der Waals surface area contributed by atoms with E-state index < -0.39 is 23.4 Å². The number of hydrogen-bond acceptors (Lipinski definition) is 9. The number of ketones is 1. The number of aliphatic imine (C=N–C) groups is 1. The molecule has 0 aromatic heterocycles. The molecule has 12 nitrogen and oxygen atoms in total. The molecule has 1 heterocycles. The second kappa shape index (κ2) is 19.8. The van der Waals surface area contributed by atoms with Crippen LogP contribution in [0.25, 0.3) is 11.1 Å². The summed E-state index contributed by atoms with van der Waals surface area (Å²) in [4.78, 5) is 59.5. The fraction of sp³-hybridized carbons (Fsp3) is 0.511. The summed E-state index contributed by atoms with van der Waals surface area (Å²) in [5, 5.41) is 16.6. The summed E-state index contributed by atoms with van der Waals surface area (Å²) in [6.07, 6.45) is 6.91. The molecule has 0 radical (unpaired) electrons. The average Bonchev–Trinajstić information content (AvgIpc) is 3.75. The van der Waals surface area contributed by atoms with Crippen LogP contribution in [0.2, 0.25) is 0 Å². The van der Waals surface area contributed by atoms with Crippen LogP contribution < -0.4 is 16.0 Å². The maximum Gasteiger partial charge on any atom is 0.407 e. The van der Waals surface area contributed by atoms with Gasteiger partial charge in [0.05, 0.1) is 5.56 Å². The van der Waals surface area contributed by atoms with Crippen molar-refractivity contribution in [1.82, 2.24) is 15.5 Å². The lowest BCUT2D eigenvalue weighted by Crippen LogP contribution is -2.41. The summed E-state index contributed by atoms with van der Waals surface area (Å²) in [5.74, 6) is -1.43. The van der Waals surface area contributed by atoms with E-state index in [1.165, 1.54) is 12.1 Å². The van der Waals surface area contributed by atoms with Gasteiger partial charge in [0.2, 0.25) is 5.91 Å². The molecule has 1 unspecified atom stereocenters. The second-order valence-electron chi connectivity index (χ2n) is 17.9. The molecule has 0 spiro atoms. The molecule has 2 saturated carbocycles. The van der Waals surface area contributed by atoms with Gasteiger partial charge in [0.25, 0.3) is 5.91 Å². The van der Waals surface area contributed by atoms with Gasteiger partial charge in [0.1, 0.15) is 17.2 Å². The van der Waals surface area contributed by atoms with Crippen molar-refractivity contribution in [2.75, 3.05) is 32.6 Å². The molecule has 1 aliphatic heterocycles. The first-order valence-corrected chi connectivity index (χ1v) is 21.3. The smallest absolute Gasteiger partial charge is 0.407 e. The number of amidine groups is 1. The van der Waals surface area contributed by atoms with Crippen molar-refractivity contribution < 1.29 is 28.3 Å². The summed E-state index contributed by atoms with van der Waals surface area (Å²) in [7, 11) is 4.22. The van der Waals surface area contributed by atoms with Crippen LogP contribution in [-0.4, -0.2) is 79.4 Å². The van der Waals surface area contributed by atoms with Gasteiger partial charge < -0.3 is 25.6 Å². The van der Waals surface area contributed by atoms with E-state index in [-0.39, 0.29) is 65.7 Å². The number of azo groups is 1. The van der Waals surface area contributed by atoms with Gasteiger partial charge in [-0.05, 0) is 158 Å². The summed E-state index contributed by atoms with van der Waals surface area (Å²) in [5.41, 5.74) is 4.36. The number of anilines is 1. The molecule has 0 saturated heterocycles. The van der Waals surface area contributed by atoms with Crippen LogP contribution in [0.1, 0.15) is 106 Å². The molecular weight excluding hydrogens is 762 g/mol. The van der Waals surface area contributed by atoms with Gasteiger partial charge in [0.15, 0.2) is 12.5 Å². The Morgan fingerprint density at radius 2 is 1.58 bits per heavy atom. The zero-order valence-electron chi connectivity index (χ0n) is 35.9. The summed E-state index contributed by atoms with van der Waals surface area (Å²) in [6, 6.07) is 18.8. The van der Waals surface area contributed by atoms with E-state index in [1.54, 1.807) is 6.07 Å². The maximum atomic E-state index is 15.1. The lowest BCUT2D eigenvalue weighted by molar-refractivity contribution is -0.129. The topological polar surface area (TPSA) is 154 Å². The standard InChI is InChI=1S/C47H60FN7O5/c1-29-23-34(44(57)52-36-16-19-38(20-17-36)55(5)6)15-21-39(29)32-11-7-30(8-12-32)24-35(45(58)53-37-18-22-40(41(48)26-37)43-50-28-51-54-43)25-42(56)33-13-9-31(10-14-33)27-49-46(59)60-47(2,3)4/h7-8,11-12,15,18,21-23,26,31,33,35-36,38H,9-10,13-14,16-17,19-20,24-25,27-28H2,1-6H3,(H,49,59)(H,52,57)(H,53,58). The first kappa shape index (κ1) is 44.3. The molecule has 6 rings (SSSR count). The van der Waals surface area contributed by atoms with E-state index >= 15 is 4.39 Å². The Balaban J connectivity index is 1.10. The molecule has 1 atom stereocenters. The first-order valence-electron chi connectivity index (χ1n) is 21.3. The Hall–Kier alpha value is -5.30. The maximum absolute atomic E-state index is 15.1. The predicted octanol–water partition coefficient (Wildman–Crippen LogP) is 8.66. The highest BCUT2D eigenvalue weighted by Crippen LogP contribution is 2.32. The monoisotopic (exact) mass is 821 g/mol. The average molecular weight is 822 g/mol. The Bertz CT molecular complexity index is 2080. The fourth-order valence-electron chi connectivity index (χ4n) is 8.52. The molecule has 3 aliphatic rings. The van der Waals surface area contributed by atoms with Crippen molar-refractivity contribution in [3.63, 3.8) is 0 Å². The van der Waals surface area contributed by atoms with Crippen molar-refractivity contribution in [2.24, 2.45) is 33.0 Å². The van der Waals surface area contributed by atoms with Crippen LogP contribution >= 0.6 is 0 Å². The minimum atomic E-state index is -0.705. The highest BCUT2D eigenvalue weighted by Gasteiger charge is 2.31. The third kappa shape index (κ3) is 12.1. The number of carbonyl (C=O) groups excluding carboxylic acids is 4. The molecule has 320 valence electrons. The van der Waals surface area contributed by atoms with Crippen LogP contribution in [0.5, 0.6) is 0 Å². The first-order chi connectivity index (χ1) is 28.6.